The molecule has 0 saturated heterocycles. The smallest absolute Gasteiger partial charge is 0.271 e. The number of hydrogen-bond acceptors (Lipinski definition) is 3. The number of benzene rings is 1. The van der Waals surface area contributed by atoms with Crippen molar-refractivity contribution >= 4 is 23.2 Å². The fourth-order valence-electron chi connectivity index (χ4n) is 3.87. The third-order valence-electron chi connectivity index (χ3n) is 5.45. The number of carbonyl (C=O) groups is 2. The maximum atomic E-state index is 12.3. The van der Waals surface area contributed by atoms with E-state index in [1.165, 1.54) is 12.8 Å². The van der Waals surface area contributed by atoms with E-state index >= 15 is 0 Å². The minimum Gasteiger partial charge on any atom is -0.326 e. The van der Waals surface area contributed by atoms with Crippen molar-refractivity contribution < 1.29 is 9.59 Å². The summed E-state index contributed by atoms with van der Waals surface area (Å²) in [6.45, 7) is 2.22. The van der Waals surface area contributed by atoms with Crippen LogP contribution in [0.5, 0.6) is 0 Å². The van der Waals surface area contributed by atoms with Crippen LogP contribution in [0.4, 0.5) is 5.69 Å². The Labute approximate surface area is 155 Å². The predicted molar refractivity (Wildman–Crippen MR) is 104 cm³/mol. The predicted octanol–water partition coefficient (Wildman–Crippen LogP) is 4.50. The molecule has 2 N–H and O–H groups in total. The number of nitrogens with zero attached hydrogens (tertiary/aromatic N) is 1. The van der Waals surface area contributed by atoms with Crippen LogP contribution in [0, 0.1) is 11.8 Å². The second kappa shape index (κ2) is 8.97. The van der Waals surface area contributed by atoms with Crippen molar-refractivity contribution in [3.05, 3.63) is 29.8 Å². The SMILES string of the molecule is CC1CCCC(=NNC(=O)c2ccc(NC(=O)C3CCCCC3)cc2)C1. The molecule has 1 atom stereocenters. The first-order chi connectivity index (χ1) is 12.6. The zero-order valence-electron chi connectivity index (χ0n) is 15.6. The lowest BCUT2D eigenvalue weighted by atomic mass is 9.88. The monoisotopic (exact) mass is 355 g/mol. The third-order valence-corrected chi connectivity index (χ3v) is 5.45. The fraction of sp³-hybridized carbons (Fsp3) is 0.571. The van der Waals surface area contributed by atoms with Gasteiger partial charge in [-0.25, -0.2) is 5.43 Å². The normalized spacial score (nSPS) is 22.8. The molecule has 2 fully saturated rings. The largest absolute Gasteiger partial charge is 0.326 e. The molecule has 26 heavy (non-hydrogen) atoms. The van der Waals surface area contributed by atoms with Crippen molar-refractivity contribution in [1.29, 1.82) is 0 Å². The summed E-state index contributed by atoms with van der Waals surface area (Å²) in [5, 5.41) is 7.26. The summed E-state index contributed by atoms with van der Waals surface area (Å²) in [5.74, 6) is 0.660. The van der Waals surface area contributed by atoms with Gasteiger partial charge in [0.2, 0.25) is 5.91 Å². The van der Waals surface area contributed by atoms with E-state index in [0.29, 0.717) is 11.5 Å². The maximum absolute atomic E-state index is 12.3. The Morgan fingerprint density at radius 1 is 1.00 bits per heavy atom. The molecular formula is C21H29N3O2. The van der Waals surface area contributed by atoms with Gasteiger partial charge in [0.25, 0.3) is 5.91 Å². The van der Waals surface area contributed by atoms with Gasteiger partial charge in [0.1, 0.15) is 0 Å². The quantitative estimate of drug-likeness (QED) is 0.781. The van der Waals surface area contributed by atoms with E-state index < -0.39 is 0 Å². The molecule has 0 aromatic heterocycles. The lowest BCUT2D eigenvalue weighted by Gasteiger charge is -2.20. The average molecular weight is 355 g/mol. The highest BCUT2D eigenvalue weighted by Gasteiger charge is 2.21. The molecule has 140 valence electrons. The Morgan fingerprint density at radius 3 is 2.42 bits per heavy atom. The molecule has 2 aliphatic rings. The van der Waals surface area contributed by atoms with Crippen LogP contribution < -0.4 is 10.7 Å². The van der Waals surface area contributed by atoms with Crippen LogP contribution in [0.2, 0.25) is 0 Å². The molecule has 5 nitrogen and oxygen atoms in total. The van der Waals surface area contributed by atoms with Gasteiger partial charge in [-0.15, -0.1) is 0 Å². The van der Waals surface area contributed by atoms with Crippen LogP contribution in [-0.2, 0) is 4.79 Å². The number of rotatable bonds is 4. The Balaban J connectivity index is 1.52. The minimum atomic E-state index is -0.208. The highest BCUT2D eigenvalue weighted by molar-refractivity contribution is 5.97. The second-order valence-electron chi connectivity index (χ2n) is 7.72. The molecule has 1 aromatic rings. The number of carbonyl (C=O) groups excluding carboxylic acids is 2. The number of amides is 2. The zero-order valence-corrected chi connectivity index (χ0v) is 15.6. The topological polar surface area (TPSA) is 70.6 Å². The Hall–Kier alpha value is -2.17. The summed E-state index contributed by atoms with van der Waals surface area (Å²) in [5.41, 5.74) is 5.03. The first kappa shape index (κ1) is 18.6. The average Bonchev–Trinajstić information content (AvgIpc) is 2.67. The van der Waals surface area contributed by atoms with Gasteiger partial charge < -0.3 is 5.32 Å². The summed E-state index contributed by atoms with van der Waals surface area (Å²) in [7, 11) is 0. The molecule has 0 bridgehead atoms. The lowest BCUT2D eigenvalue weighted by Crippen LogP contribution is -2.25. The van der Waals surface area contributed by atoms with Gasteiger partial charge in [-0.2, -0.15) is 5.10 Å². The molecule has 1 aromatic carbocycles. The van der Waals surface area contributed by atoms with E-state index in [0.717, 1.165) is 56.3 Å². The number of anilines is 1. The van der Waals surface area contributed by atoms with E-state index in [1.54, 1.807) is 24.3 Å². The Bertz CT molecular complexity index is 660. The van der Waals surface area contributed by atoms with Crippen LogP contribution in [0.1, 0.15) is 75.1 Å². The number of hydrogen-bond donors (Lipinski definition) is 2. The maximum Gasteiger partial charge on any atom is 0.271 e. The lowest BCUT2D eigenvalue weighted by molar-refractivity contribution is -0.120. The summed E-state index contributed by atoms with van der Waals surface area (Å²) in [4.78, 5) is 24.5. The van der Waals surface area contributed by atoms with E-state index in [4.69, 9.17) is 0 Å². The van der Waals surface area contributed by atoms with Crippen molar-refractivity contribution in [3.63, 3.8) is 0 Å². The first-order valence-electron chi connectivity index (χ1n) is 9.88. The first-order valence-corrected chi connectivity index (χ1v) is 9.88. The van der Waals surface area contributed by atoms with Gasteiger partial charge >= 0.3 is 0 Å². The molecule has 2 aliphatic carbocycles. The standard InChI is InChI=1S/C21H29N3O2/c1-15-6-5-9-19(14-15)23-24-21(26)17-10-12-18(13-11-17)22-20(25)16-7-3-2-4-8-16/h10-13,15-16H,2-9,14H2,1H3,(H,22,25)(H,24,26). The summed E-state index contributed by atoms with van der Waals surface area (Å²) >= 11 is 0. The summed E-state index contributed by atoms with van der Waals surface area (Å²) < 4.78 is 0. The molecule has 0 aliphatic heterocycles. The van der Waals surface area contributed by atoms with Gasteiger partial charge in [0.05, 0.1) is 0 Å². The van der Waals surface area contributed by atoms with Crippen LogP contribution in [0.25, 0.3) is 0 Å². The molecule has 1 unspecified atom stereocenters. The highest BCUT2D eigenvalue weighted by atomic mass is 16.2. The van der Waals surface area contributed by atoms with Crippen molar-refractivity contribution in [2.45, 2.75) is 64.7 Å². The molecule has 2 amide bonds. The van der Waals surface area contributed by atoms with Crippen LogP contribution in [0.3, 0.4) is 0 Å². The summed E-state index contributed by atoms with van der Waals surface area (Å²) in [6.07, 6.45) is 9.78. The van der Waals surface area contributed by atoms with E-state index in [-0.39, 0.29) is 17.7 Å². The fourth-order valence-corrected chi connectivity index (χ4v) is 3.87. The van der Waals surface area contributed by atoms with E-state index in [1.807, 2.05) is 0 Å². The van der Waals surface area contributed by atoms with E-state index in [9.17, 15) is 9.59 Å². The third kappa shape index (κ3) is 5.16. The van der Waals surface area contributed by atoms with Gasteiger partial charge in [0.15, 0.2) is 0 Å². The van der Waals surface area contributed by atoms with Crippen molar-refractivity contribution in [1.82, 2.24) is 5.43 Å². The van der Waals surface area contributed by atoms with Gasteiger partial charge in [-0.3, -0.25) is 9.59 Å². The summed E-state index contributed by atoms with van der Waals surface area (Å²) in [6, 6.07) is 7.03. The zero-order chi connectivity index (χ0) is 18.4. The molecule has 3 rings (SSSR count). The van der Waals surface area contributed by atoms with Crippen LogP contribution in [-0.4, -0.2) is 17.5 Å². The van der Waals surface area contributed by atoms with Crippen molar-refractivity contribution in [2.75, 3.05) is 5.32 Å². The molecule has 5 heteroatoms. The number of nitrogens with one attached hydrogen (secondary N) is 2. The van der Waals surface area contributed by atoms with E-state index in [2.05, 4.69) is 22.8 Å². The molecule has 0 spiro atoms. The Kier molecular flexibility index (Phi) is 6.42. The van der Waals surface area contributed by atoms with Crippen LogP contribution >= 0.6 is 0 Å². The number of hydrazone groups is 1. The van der Waals surface area contributed by atoms with Gasteiger partial charge in [-0.05, 0) is 68.7 Å². The molecule has 0 heterocycles. The second-order valence-corrected chi connectivity index (χ2v) is 7.72. The van der Waals surface area contributed by atoms with Gasteiger partial charge in [-0.1, -0.05) is 26.2 Å². The molecule has 0 radical (unpaired) electrons. The molecule has 2 saturated carbocycles. The highest BCUT2D eigenvalue weighted by Crippen LogP contribution is 2.25. The minimum absolute atomic E-state index is 0.0970. The van der Waals surface area contributed by atoms with Crippen molar-refractivity contribution in [3.8, 4) is 0 Å². The Morgan fingerprint density at radius 2 is 1.73 bits per heavy atom. The van der Waals surface area contributed by atoms with Gasteiger partial charge in [0, 0.05) is 22.9 Å². The molecular weight excluding hydrogens is 326 g/mol. The van der Waals surface area contributed by atoms with Crippen LogP contribution in [0.15, 0.2) is 29.4 Å². The van der Waals surface area contributed by atoms with Crippen molar-refractivity contribution in [2.24, 2.45) is 16.9 Å².